The molecule has 7 nitrogen and oxygen atoms in total. The minimum absolute atomic E-state index is 0.0168. The fourth-order valence-electron chi connectivity index (χ4n) is 8.21. The van der Waals surface area contributed by atoms with Crippen LogP contribution in [0.5, 0.6) is 0 Å². The van der Waals surface area contributed by atoms with E-state index >= 15 is 0 Å². The lowest BCUT2D eigenvalue weighted by molar-refractivity contribution is -0.144. The predicted molar refractivity (Wildman–Crippen MR) is 242 cm³/mol. The smallest absolute Gasteiger partial charge is 0.416 e. The van der Waals surface area contributed by atoms with Gasteiger partial charge in [-0.2, -0.15) is 52.7 Å². The van der Waals surface area contributed by atoms with E-state index in [-0.39, 0.29) is 61.0 Å². The molecule has 2 unspecified atom stereocenters. The van der Waals surface area contributed by atoms with Gasteiger partial charge in [-0.3, -0.25) is 9.59 Å². The molecule has 384 valence electrons. The standard InChI is InChI=1S/C29H31F6NO3.C23H21F6NO2/c1-5-23(37)9-6-18-7-10-24-20(14-18)8-11-25(24)36(26(38)39-27(2,3)4)13-12-19-15-21(28(30,31)32)17-22(16-19)29(33,34)35;24-22(25,26)17-10-15(11-18(12-17)23(27,28)29)7-8-30-21-6-3-16-9-14(2-5-20(16)21)1-4-19(32)13-31/h6-7,9-10,14-17,25H,5,8,11-13H2,1-4H3;1-2,4-5,9-12,21,30-31H,3,6-8,13H2. The van der Waals surface area contributed by atoms with Crippen molar-refractivity contribution in [1.82, 2.24) is 10.2 Å². The van der Waals surface area contributed by atoms with Gasteiger partial charge in [-0.05, 0) is 159 Å². The van der Waals surface area contributed by atoms with Crippen LogP contribution in [0.25, 0.3) is 12.2 Å². The van der Waals surface area contributed by atoms with Crippen molar-refractivity contribution in [1.29, 1.82) is 0 Å². The van der Waals surface area contributed by atoms with E-state index < -0.39 is 77.1 Å². The van der Waals surface area contributed by atoms with E-state index in [4.69, 9.17) is 9.84 Å². The number of nitrogens with one attached hydrogen (secondary N) is 1. The number of aliphatic hydroxyl groups excluding tert-OH is 1. The highest BCUT2D eigenvalue weighted by molar-refractivity contribution is 5.94. The van der Waals surface area contributed by atoms with E-state index in [9.17, 15) is 67.1 Å². The number of aliphatic hydroxyl groups is 1. The number of ether oxygens (including phenoxy) is 1. The highest BCUT2D eigenvalue weighted by Gasteiger charge is 2.39. The lowest BCUT2D eigenvalue weighted by Crippen LogP contribution is -2.40. The molecule has 0 aromatic heterocycles. The van der Waals surface area contributed by atoms with Crippen LogP contribution in [-0.4, -0.2) is 53.0 Å². The zero-order valence-corrected chi connectivity index (χ0v) is 39.0. The van der Waals surface area contributed by atoms with E-state index in [2.05, 4.69) is 5.32 Å². The number of fused-ring (bicyclic) bond motifs is 2. The second-order valence-corrected chi connectivity index (χ2v) is 18.1. The van der Waals surface area contributed by atoms with Crippen molar-refractivity contribution in [2.24, 2.45) is 0 Å². The normalized spacial score (nSPS) is 16.2. The van der Waals surface area contributed by atoms with Crippen molar-refractivity contribution in [3.63, 3.8) is 0 Å². The van der Waals surface area contributed by atoms with Gasteiger partial charge in [-0.15, -0.1) is 0 Å². The van der Waals surface area contributed by atoms with Gasteiger partial charge in [0.25, 0.3) is 0 Å². The first-order valence-corrected chi connectivity index (χ1v) is 22.5. The van der Waals surface area contributed by atoms with Crippen LogP contribution >= 0.6 is 0 Å². The van der Waals surface area contributed by atoms with Gasteiger partial charge in [0.15, 0.2) is 11.6 Å². The molecule has 2 aliphatic rings. The number of carbonyl (C=O) groups excluding carboxylic acids is 3. The quantitative estimate of drug-likeness (QED) is 0.0965. The van der Waals surface area contributed by atoms with Gasteiger partial charge in [0.1, 0.15) is 12.2 Å². The highest BCUT2D eigenvalue weighted by Crippen LogP contribution is 2.41. The third kappa shape index (κ3) is 16.0. The molecule has 2 aliphatic carbocycles. The van der Waals surface area contributed by atoms with Gasteiger partial charge in [0.2, 0.25) is 0 Å². The van der Waals surface area contributed by atoms with E-state index in [0.29, 0.717) is 31.4 Å². The summed E-state index contributed by atoms with van der Waals surface area (Å²) in [5.41, 5.74) is -1.07. The lowest BCUT2D eigenvalue weighted by Gasteiger charge is -2.32. The summed E-state index contributed by atoms with van der Waals surface area (Å²) < 4.78 is 164. The van der Waals surface area contributed by atoms with E-state index in [0.717, 1.165) is 58.4 Å². The molecule has 0 saturated heterocycles. The zero-order valence-electron chi connectivity index (χ0n) is 39.0. The van der Waals surface area contributed by atoms with Crippen LogP contribution in [-0.2, 0) is 64.7 Å². The molecule has 1 amide bonds. The largest absolute Gasteiger partial charge is 0.444 e. The Bertz CT molecular complexity index is 2540. The Morgan fingerprint density at radius 1 is 0.634 bits per heavy atom. The Kier molecular flexibility index (Phi) is 17.8. The molecular weight excluding hydrogens is 961 g/mol. The molecule has 71 heavy (non-hydrogen) atoms. The minimum atomic E-state index is -4.96. The lowest BCUT2D eigenvalue weighted by atomic mass is 10.0. The summed E-state index contributed by atoms with van der Waals surface area (Å²) in [6, 6.07) is 13.7. The van der Waals surface area contributed by atoms with Crippen molar-refractivity contribution in [3.05, 3.63) is 152 Å². The number of carbonyl (C=O) groups is 3. The van der Waals surface area contributed by atoms with E-state index in [1.54, 1.807) is 45.9 Å². The maximum absolute atomic E-state index is 13.3. The third-order valence-electron chi connectivity index (χ3n) is 11.6. The number of allylic oxidation sites excluding steroid dienone is 1. The Hall–Kier alpha value is -5.95. The SMILES string of the molecule is CCC(=O)C=Cc1ccc2c(c1)CCC2N(CCc1cc(C(F)(F)F)cc(C(F)(F)F)c1)C(=O)OC(C)(C)C.O=C(C=Cc1ccc2c(c1)CCC2NCCc1cc(C(F)(F)F)cc(C(F)(F)F)c1)CO. The fraction of sp³-hybridized carbons (Fsp3) is 0.404. The molecular formula is C52H52F12N2O5. The maximum Gasteiger partial charge on any atom is 0.416 e. The number of amides is 1. The Morgan fingerprint density at radius 3 is 1.55 bits per heavy atom. The fourth-order valence-corrected chi connectivity index (χ4v) is 8.21. The summed E-state index contributed by atoms with van der Waals surface area (Å²) in [6.45, 7) is 6.27. The molecule has 0 bridgehead atoms. The van der Waals surface area contributed by atoms with E-state index in [1.165, 1.54) is 17.1 Å². The number of hydrogen-bond donors (Lipinski definition) is 2. The average molecular weight is 1010 g/mol. The molecule has 0 saturated carbocycles. The van der Waals surface area contributed by atoms with Crippen LogP contribution in [0.3, 0.4) is 0 Å². The third-order valence-corrected chi connectivity index (χ3v) is 11.6. The van der Waals surface area contributed by atoms with Gasteiger partial charge < -0.3 is 20.1 Å². The van der Waals surface area contributed by atoms with Gasteiger partial charge in [-0.1, -0.05) is 55.5 Å². The van der Waals surface area contributed by atoms with Crippen LogP contribution in [0.15, 0.2) is 84.9 Å². The number of benzene rings is 4. The number of rotatable bonds is 14. The molecule has 19 heteroatoms. The number of hydrogen-bond acceptors (Lipinski definition) is 6. The van der Waals surface area contributed by atoms with Crippen molar-refractivity contribution < 1.29 is 76.9 Å². The van der Waals surface area contributed by atoms with Gasteiger partial charge >= 0.3 is 30.8 Å². The molecule has 4 aromatic rings. The molecule has 2 atom stereocenters. The van der Waals surface area contributed by atoms with Crippen LogP contribution in [0.2, 0.25) is 0 Å². The average Bonchev–Trinajstić information content (AvgIpc) is 3.89. The molecule has 2 N–H and O–H groups in total. The first-order chi connectivity index (χ1) is 32.9. The van der Waals surface area contributed by atoms with Crippen molar-refractivity contribution >= 4 is 29.8 Å². The number of aryl methyl sites for hydroxylation is 2. The molecule has 4 aromatic carbocycles. The number of nitrogens with zero attached hydrogens (tertiary/aromatic N) is 1. The maximum atomic E-state index is 13.3. The Labute approximate surface area is 402 Å². The first-order valence-electron chi connectivity index (χ1n) is 22.5. The summed E-state index contributed by atoms with van der Waals surface area (Å²) >= 11 is 0. The van der Waals surface area contributed by atoms with Gasteiger partial charge in [0.05, 0.1) is 28.3 Å². The van der Waals surface area contributed by atoms with E-state index in [1.807, 2.05) is 30.3 Å². The number of ketones is 2. The molecule has 0 aliphatic heterocycles. The minimum Gasteiger partial charge on any atom is -0.444 e. The molecule has 0 heterocycles. The van der Waals surface area contributed by atoms with Crippen LogP contribution < -0.4 is 5.32 Å². The summed E-state index contributed by atoms with van der Waals surface area (Å²) in [7, 11) is 0. The van der Waals surface area contributed by atoms with Crippen LogP contribution in [0, 0.1) is 0 Å². The summed E-state index contributed by atoms with van der Waals surface area (Å²) in [5.74, 6) is -0.430. The second kappa shape index (κ2) is 22.6. The first kappa shape index (κ1) is 56.0. The predicted octanol–water partition coefficient (Wildman–Crippen LogP) is 13.3. The number of alkyl halides is 12. The molecule has 0 fully saturated rings. The Morgan fingerprint density at radius 2 is 1.08 bits per heavy atom. The zero-order chi connectivity index (χ0) is 52.7. The monoisotopic (exact) mass is 1010 g/mol. The van der Waals surface area contributed by atoms with Crippen molar-refractivity contribution in [3.8, 4) is 0 Å². The second-order valence-electron chi connectivity index (χ2n) is 18.1. The summed E-state index contributed by atoms with van der Waals surface area (Å²) in [4.78, 5) is 37.4. The number of halogens is 12. The molecule has 0 spiro atoms. The van der Waals surface area contributed by atoms with Gasteiger partial charge in [-0.25, -0.2) is 4.79 Å². The van der Waals surface area contributed by atoms with Crippen LogP contribution in [0.1, 0.15) is 126 Å². The van der Waals surface area contributed by atoms with Crippen molar-refractivity contribution in [2.45, 2.75) is 115 Å². The van der Waals surface area contributed by atoms with Gasteiger partial charge in [0, 0.05) is 19.0 Å². The summed E-state index contributed by atoms with van der Waals surface area (Å²) in [5, 5.41) is 12.0. The highest BCUT2D eigenvalue weighted by atomic mass is 19.4. The summed E-state index contributed by atoms with van der Waals surface area (Å²) in [6.07, 6.45) is -11.5. The topological polar surface area (TPSA) is 95.9 Å². The van der Waals surface area contributed by atoms with Crippen LogP contribution in [0.4, 0.5) is 57.5 Å². The van der Waals surface area contributed by atoms with Crippen molar-refractivity contribution in [2.75, 3.05) is 19.7 Å². The Balaban J connectivity index is 0.000000269. The molecule has 0 radical (unpaired) electrons. The molecule has 6 rings (SSSR count).